The van der Waals surface area contributed by atoms with E-state index in [9.17, 15) is 14.0 Å². The highest BCUT2D eigenvalue weighted by Gasteiger charge is 2.18. The van der Waals surface area contributed by atoms with Gasteiger partial charge in [0, 0.05) is 19.6 Å². The smallest absolute Gasteiger partial charge is 0.256 e. The zero-order valence-electron chi connectivity index (χ0n) is 18.9. The topological polar surface area (TPSA) is 87.8 Å². The fourth-order valence-electron chi connectivity index (χ4n) is 3.28. The van der Waals surface area contributed by atoms with Crippen molar-refractivity contribution in [3.8, 4) is 0 Å². The van der Waals surface area contributed by atoms with E-state index in [1.54, 1.807) is 35.2 Å². The quantitative estimate of drug-likeness (QED) is 0.160. The first kappa shape index (κ1) is 25.5. The Bertz CT molecular complexity index is 984. The van der Waals surface area contributed by atoms with Crippen molar-refractivity contribution < 1.29 is 14.0 Å². The van der Waals surface area contributed by atoms with Crippen LogP contribution in [0.2, 0.25) is 0 Å². The first-order valence-corrected chi connectivity index (χ1v) is 10.9. The van der Waals surface area contributed by atoms with Crippen LogP contribution in [0.1, 0.15) is 27.9 Å². The van der Waals surface area contributed by atoms with Crippen LogP contribution < -0.4 is 11.1 Å². The third-order valence-electron chi connectivity index (χ3n) is 5.06. The summed E-state index contributed by atoms with van der Waals surface area (Å²) in [6.07, 6.45) is 8.28. The van der Waals surface area contributed by atoms with Gasteiger partial charge >= 0.3 is 0 Å². The summed E-state index contributed by atoms with van der Waals surface area (Å²) in [6, 6.07) is 15.2. The van der Waals surface area contributed by atoms with Crippen LogP contribution in [0, 0.1) is 6.92 Å². The molecule has 7 heteroatoms. The summed E-state index contributed by atoms with van der Waals surface area (Å²) in [5, 5.41) is 2.60. The largest absolute Gasteiger partial charge is 0.390 e. The predicted molar refractivity (Wildman–Crippen MR) is 131 cm³/mol. The minimum Gasteiger partial charge on any atom is -0.390 e. The van der Waals surface area contributed by atoms with Gasteiger partial charge in [-0.1, -0.05) is 65.8 Å². The van der Waals surface area contributed by atoms with Crippen molar-refractivity contribution in [2.45, 2.75) is 19.8 Å². The number of halogens is 1. The number of aliphatic imine (C=N–C) groups is 1. The fraction of sp³-hybridized carbons (Fsp3) is 0.269. The number of rotatable bonds is 13. The lowest BCUT2D eigenvalue weighted by molar-refractivity contribution is -0.109. The van der Waals surface area contributed by atoms with Crippen LogP contribution in [0.15, 0.2) is 77.3 Å². The number of carbonyl (C=O) groups excluding carboxylic acids is 2. The van der Waals surface area contributed by atoms with Crippen molar-refractivity contribution in [3.63, 3.8) is 0 Å². The highest BCUT2D eigenvalue weighted by molar-refractivity contribution is 5.99. The third kappa shape index (κ3) is 8.73. The molecule has 2 rings (SSSR count). The number of benzene rings is 2. The van der Waals surface area contributed by atoms with E-state index in [1.807, 2.05) is 6.92 Å². The van der Waals surface area contributed by atoms with Gasteiger partial charge in [0.15, 0.2) is 0 Å². The molecule has 6 nitrogen and oxygen atoms in total. The first-order chi connectivity index (χ1) is 16.1. The molecule has 0 bridgehead atoms. The molecule has 0 aliphatic rings. The molecule has 0 saturated carbocycles. The average Bonchev–Trinajstić information content (AvgIpc) is 2.83. The lowest BCUT2D eigenvalue weighted by Crippen LogP contribution is -2.37. The third-order valence-corrected chi connectivity index (χ3v) is 5.06. The van der Waals surface area contributed by atoms with Crippen LogP contribution in [0.4, 0.5) is 10.1 Å². The summed E-state index contributed by atoms with van der Waals surface area (Å²) >= 11 is 0. The fourth-order valence-corrected chi connectivity index (χ4v) is 3.28. The number of nitrogens with two attached hydrogens (primary N) is 1. The molecule has 2 aromatic carbocycles. The zero-order valence-corrected chi connectivity index (χ0v) is 18.9. The maximum absolute atomic E-state index is 13.3. The maximum atomic E-state index is 13.3. The van der Waals surface area contributed by atoms with Gasteiger partial charge in [0.1, 0.15) is 6.67 Å². The van der Waals surface area contributed by atoms with E-state index >= 15 is 0 Å². The Kier molecular flexibility index (Phi) is 11.1. The van der Waals surface area contributed by atoms with E-state index in [-0.39, 0.29) is 5.91 Å². The van der Waals surface area contributed by atoms with Gasteiger partial charge in [-0.2, -0.15) is 0 Å². The zero-order chi connectivity index (χ0) is 23.9. The van der Waals surface area contributed by atoms with Crippen molar-refractivity contribution >= 4 is 24.3 Å². The Hall–Kier alpha value is -3.74. The molecular weight excluding hydrogens is 419 g/mol. The monoisotopic (exact) mass is 450 g/mol. The first-order valence-electron chi connectivity index (χ1n) is 10.9. The molecule has 0 heterocycles. The van der Waals surface area contributed by atoms with E-state index in [0.717, 1.165) is 17.5 Å². The lowest BCUT2D eigenvalue weighted by Gasteiger charge is -2.23. The van der Waals surface area contributed by atoms with Crippen molar-refractivity contribution in [1.82, 2.24) is 10.2 Å². The Morgan fingerprint density at radius 2 is 1.91 bits per heavy atom. The Balaban J connectivity index is 2.19. The molecule has 0 aliphatic carbocycles. The lowest BCUT2D eigenvalue weighted by atomic mass is 10.0. The number of amides is 2. The molecule has 0 fully saturated rings. The molecule has 0 saturated heterocycles. The van der Waals surface area contributed by atoms with Crippen LogP contribution in [-0.4, -0.2) is 49.9 Å². The standard InChI is InChI=1S/C26H31FN4O2/c1-21-8-10-23(11-9-21)13-12-22(5-4-15-27)14-17-31(18-16-29-20-32)26(33)24-6-2-3-7-25(24)30-19-28/h2-12,19-20H,13-18H2,1H3,(H2,28,30)(H,29,32)/b5-4-,22-12+. The molecule has 33 heavy (non-hydrogen) atoms. The van der Waals surface area contributed by atoms with E-state index in [1.165, 1.54) is 11.6 Å². The van der Waals surface area contributed by atoms with Gasteiger partial charge in [-0.05, 0) is 37.5 Å². The van der Waals surface area contributed by atoms with Crippen LogP contribution in [0.25, 0.3) is 0 Å². The second kappa shape index (κ2) is 14.3. The molecule has 0 atom stereocenters. The number of hydrogen-bond acceptors (Lipinski definition) is 3. The number of hydrogen-bond donors (Lipinski definition) is 2. The molecule has 0 aliphatic heterocycles. The summed E-state index contributed by atoms with van der Waals surface area (Å²) in [5.74, 6) is -0.212. The highest BCUT2D eigenvalue weighted by atomic mass is 19.1. The van der Waals surface area contributed by atoms with Gasteiger partial charge < -0.3 is 16.0 Å². The van der Waals surface area contributed by atoms with Crippen molar-refractivity contribution in [1.29, 1.82) is 0 Å². The molecule has 2 amide bonds. The minimum atomic E-state index is -0.557. The van der Waals surface area contributed by atoms with E-state index in [0.29, 0.717) is 50.1 Å². The van der Waals surface area contributed by atoms with Gasteiger partial charge in [0.05, 0.1) is 17.6 Å². The van der Waals surface area contributed by atoms with Crippen LogP contribution in [0.5, 0.6) is 0 Å². The van der Waals surface area contributed by atoms with Crippen molar-refractivity contribution in [2.24, 2.45) is 10.7 Å². The molecule has 2 aromatic rings. The summed E-state index contributed by atoms with van der Waals surface area (Å²) < 4.78 is 12.8. The number of aryl methyl sites for hydroxylation is 1. The van der Waals surface area contributed by atoms with Crippen molar-refractivity contribution in [2.75, 3.05) is 26.3 Å². The summed E-state index contributed by atoms with van der Waals surface area (Å²) in [4.78, 5) is 29.7. The Labute approximate surface area is 194 Å². The van der Waals surface area contributed by atoms with Gasteiger partial charge in [0.2, 0.25) is 6.41 Å². The summed E-state index contributed by atoms with van der Waals surface area (Å²) in [5.41, 5.74) is 9.61. The normalized spacial score (nSPS) is 11.8. The number of carbonyl (C=O) groups is 2. The second-order valence-corrected chi connectivity index (χ2v) is 7.43. The average molecular weight is 451 g/mol. The number of nitrogens with one attached hydrogen (secondary N) is 1. The molecular formula is C26H31FN4O2. The van der Waals surface area contributed by atoms with E-state index in [4.69, 9.17) is 5.73 Å². The number of nitrogens with zero attached hydrogens (tertiary/aromatic N) is 2. The van der Waals surface area contributed by atoms with E-state index in [2.05, 4.69) is 40.7 Å². The SMILES string of the molecule is Cc1ccc(C/C=C(\C=C/CF)CCN(CCNC=O)C(=O)c2ccccc2N=CN)cc1. The summed E-state index contributed by atoms with van der Waals surface area (Å²) in [6.45, 7) is 2.53. The van der Waals surface area contributed by atoms with Crippen molar-refractivity contribution in [3.05, 3.63) is 89.0 Å². The van der Waals surface area contributed by atoms with Crippen LogP contribution >= 0.6 is 0 Å². The molecule has 174 valence electrons. The van der Waals surface area contributed by atoms with Gasteiger partial charge in [-0.25, -0.2) is 9.38 Å². The molecule has 0 radical (unpaired) electrons. The molecule has 0 aromatic heterocycles. The van der Waals surface area contributed by atoms with Gasteiger partial charge in [-0.15, -0.1) is 0 Å². The number of allylic oxidation sites excluding steroid dienone is 3. The Morgan fingerprint density at radius 3 is 2.61 bits per heavy atom. The van der Waals surface area contributed by atoms with Crippen LogP contribution in [-0.2, 0) is 11.2 Å². The Morgan fingerprint density at radius 1 is 1.15 bits per heavy atom. The number of para-hydroxylation sites is 1. The molecule has 0 spiro atoms. The predicted octanol–water partition coefficient (Wildman–Crippen LogP) is 3.89. The van der Waals surface area contributed by atoms with Crippen LogP contribution in [0.3, 0.4) is 0 Å². The second-order valence-electron chi connectivity index (χ2n) is 7.43. The van der Waals surface area contributed by atoms with E-state index < -0.39 is 6.67 Å². The highest BCUT2D eigenvalue weighted by Crippen LogP contribution is 2.21. The number of alkyl halides is 1. The molecule has 0 unspecified atom stereocenters. The maximum Gasteiger partial charge on any atom is 0.256 e. The van der Waals surface area contributed by atoms with Gasteiger partial charge in [-0.3, -0.25) is 9.59 Å². The minimum absolute atomic E-state index is 0.212. The summed E-state index contributed by atoms with van der Waals surface area (Å²) in [7, 11) is 0. The van der Waals surface area contributed by atoms with Gasteiger partial charge in [0.25, 0.3) is 5.91 Å². The molecule has 3 N–H and O–H groups in total.